The van der Waals surface area contributed by atoms with Gasteiger partial charge in [0, 0.05) is 23.7 Å². The van der Waals surface area contributed by atoms with Gasteiger partial charge in [-0.1, -0.05) is 36.4 Å². The van der Waals surface area contributed by atoms with Crippen LogP contribution in [0, 0.1) is 0 Å². The molecule has 140 valence electrons. The molecule has 6 nitrogen and oxygen atoms in total. The number of nitrogens with one attached hydrogen (secondary N) is 1. The summed E-state index contributed by atoms with van der Waals surface area (Å²) in [6.45, 7) is 1.23. The van der Waals surface area contributed by atoms with Crippen molar-refractivity contribution in [3.63, 3.8) is 0 Å². The summed E-state index contributed by atoms with van der Waals surface area (Å²) in [5, 5.41) is 8.60. The Bertz CT molecular complexity index is 820. The van der Waals surface area contributed by atoms with Gasteiger partial charge in [-0.05, 0) is 37.1 Å². The number of hydroxylamine groups is 1. The Morgan fingerprint density at radius 1 is 1.11 bits per heavy atom. The average molecular weight is 366 g/mol. The lowest BCUT2D eigenvalue weighted by Gasteiger charge is -2.33. The van der Waals surface area contributed by atoms with Gasteiger partial charge in [0.2, 0.25) is 0 Å². The van der Waals surface area contributed by atoms with Gasteiger partial charge in [0.25, 0.3) is 11.8 Å². The molecular weight excluding hydrogens is 344 g/mol. The van der Waals surface area contributed by atoms with Gasteiger partial charge in [0.05, 0.1) is 6.54 Å². The molecule has 0 unspecified atom stereocenters. The maximum absolute atomic E-state index is 12.7. The van der Waals surface area contributed by atoms with Gasteiger partial charge in [-0.25, -0.2) is 5.48 Å². The standard InChI is InChI=1S/C21H22N2O4/c24-20(22-26)13-12-16-7-4-5-11-19(16)27-18-10-6-14-23(15-18)21(25)17-8-2-1-3-9-17/h1-5,7-9,11-13,18,26H,6,10,14-15H2,(H,22,24)/b13-12+/t18-/m0/s1. The van der Waals surface area contributed by atoms with Gasteiger partial charge in [-0.3, -0.25) is 14.8 Å². The molecule has 2 aromatic carbocycles. The molecule has 6 heteroatoms. The maximum Gasteiger partial charge on any atom is 0.267 e. The summed E-state index contributed by atoms with van der Waals surface area (Å²) in [6.07, 6.45) is 4.42. The number of carbonyl (C=O) groups is 2. The van der Waals surface area contributed by atoms with E-state index in [2.05, 4.69) is 0 Å². The molecule has 0 aliphatic carbocycles. The molecule has 0 bridgehead atoms. The minimum absolute atomic E-state index is 0.0108. The predicted molar refractivity (Wildman–Crippen MR) is 101 cm³/mol. The summed E-state index contributed by atoms with van der Waals surface area (Å²) in [5.74, 6) is 0.0392. The summed E-state index contributed by atoms with van der Waals surface area (Å²) in [5.41, 5.74) is 2.97. The smallest absolute Gasteiger partial charge is 0.267 e. The molecule has 2 aromatic rings. The Labute approximate surface area is 158 Å². The first-order valence-corrected chi connectivity index (χ1v) is 8.89. The average Bonchev–Trinajstić information content (AvgIpc) is 2.73. The quantitative estimate of drug-likeness (QED) is 0.484. The third kappa shape index (κ3) is 4.95. The lowest BCUT2D eigenvalue weighted by molar-refractivity contribution is -0.124. The van der Waals surface area contributed by atoms with Crippen molar-refractivity contribution < 1.29 is 19.5 Å². The molecular formula is C21H22N2O4. The Hall–Kier alpha value is -3.12. The number of ether oxygens (including phenoxy) is 1. The van der Waals surface area contributed by atoms with Crippen LogP contribution in [0.3, 0.4) is 0 Å². The zero-order valence-corrected chi connectivity index (χ0v) is 14.9. The Kier molecular flexibility index (Phi) is 6.22. The maximum atomic E-state index is 12.7. The van der Waals surface area contributed by atoms with Crippen LogP contribution in [0.5, 0.6) is 5.75 Å². The lowest BCUT2D eigenvalue weighted by Crippen LogP contribution is -2.44. The van der Waals surface area contributed by atoms with E-state index in [1.165, 1.54) is 6.08 Å². The highest BCUT2D eigenvalue weighted by Gasteiger charge is 2.26. The minimum Gasteiger partial charge on any atom is -0.488 e. The van der Waals surface area contributed by atoms with Crippen LogP contribution in [-0.4, -0.2) is 41.1 Å². The molecule has 3 rings (SSSR count). The van der Waals surface area contributed by atoms with E-state index in [1.54, 1.807) is 11.6 Å². The number of benzene rings is 2. The van der Waals surface area contributed by atoms with E-state index in [-0.39, 0.29) is 12.0 Å². The van der Waals surface area contributed by atoms with Crippen LogP contribution in [0.25, 0.3) is 6.08 Å². The number of para-hydroxylation sites is 1. The molecule has 1 atom stereocenters. The fourth-order valence-electron chi connectivity index (χ4n) is 3.09. The number of carbonyl (C=O) groups excluding carboxylic acids is 2. The van der Waals surface area contributed by atoms with Crippen LogP contribution in [0.15, 0.2) is 60.7 Å². The fourth-order valence-corrected chi connectivity index (χ4v) is 3.09. The Balaban J connectivity index is 1.69. The molecule has 1 heterocycles. The van der Waals surface area contributed by atoms with Gasteiger partial charge in [0.15, 0.2) is 0 Å². The summed E-state index contributed by atoms with van der Waals surface area (Å²) >= 11 is 0. The monoisotopic (exact) mass is 366 g/mol. The zero-order valence-electron chi connectivity index (χ0n) is 14.9. The molecule has 0 aromatic heterocycles. The topological polar surface area (TPSA) is 78.9 Å². The Morgan fingerprint density at radius 2 is 1.85 bits per heavy atom. The molecule has 0 radical (unpaired) electrons. The normalized spacial score (nSPS) is 16.9. The van der Waals surface area contributed by atoms with Gasteiger partial charge in [-0.2, -0.15) is 0 Å². The second-order valence-electron chi connectivity index (χ2n) is 6.35. The summed E-state index contributed by atoms with van der Waals surface area (Å²) in [7, 11) is 0. The van der Waals surface area contributed by atoms with E-state index in [0.717, 1.165) is 18.4 Å². The molecule has 1 aliphatic heterocycles. The van der Waals surface area contributed by atoms with Crippen molar-refractivity contribution in [3.05, 3.63) is 71.8 Å². The fraction of sp³-hybridized carbons (Fsp3) is 0.238. The summed E-state index contributed by atoms with van der Waals surface area (Å²) in [6, 6.07) is 16.6. The van der Waals surface area contributed by atoms with E-state index < -0.39 is 5.91 Å². The van der Waals surface area contributed by atoms with Gasteiger partial charge >= 0.3 is 0 Å². The molecule has 1 saturated heterocycles. The molecule has 27 heavy (non-hydrogen) atoms. The predicted octanol–water partition coefficient (Wildman–Crippen LogP) is 2.89. The summed E-state index contributed by atoms with van der Waals surface area (Å²) < 4.78 is 6.13. The van der Waals surface area contributed by atoms with Gasteiger partial charge < -0.3 is 9.64 Å². The van der Waals surface area contributed by atoms with Crippen LogP contribution >= 0.6 is 0 Å². The van der Waals surface area contributed by atoms with Crippen molar-refractivity contribution in [2.75, 3.05) is 13.1 Å². The van der Waals surface area contributed by atoms with Gasteiger partial charge in [-0.15, -0.1) is 0 Å². The van der Waals surface area contributed by atoms with Crippen LogP contribution in [0.1, 0.15) is 28.8 Å². The number of nitrogens with zero attached hydrogens (tertiary/aromatic N) is 1. The van der Waals surface area contributed by atoms with E-state index in [4.69, 9.17) is 9.94 Å². The zero-order chi connectivity index (χ0) is 19.1. The molecule has 2 N–H and O–H groups in total. The van der Waals surface area contributed by atoms with Crippen molar-refractivity contribution >= 4 is 17.9 Å². The number of likely N-dealkylation sites (tertiary alicyclic amines) is 1. The van der Waals surface area contributed by atoms with E-state index in [1.807, 2.05) is 59.5 Å². The SMILES string of the molecule is O=C(/C=C/c1ccccc1O[C@H]1CCCN(C(=O)c2ccccc2)C1)NO. The first-order chi connectivity index (χ1) is 13.2. The van der Waals surface area contributed by atoms with Crippen LogP contribution < -0.4 is 10.2 Å². The molecule has 0 saturated carbocycles. The lowest BCUT2D eigenvalue weighted by atomic mass is 10.1. The highest BCUT2D eigenvalue weighted by Crippen LogP contribution is 2.24. The third-order valence-corrected chi connectivity index (χ3v) is 4.42. The third-order valence-electron chi connectivity index (χ3n) is 4.42. The van der Waals surface area contributed by atoms with Crippen molar-refractivity contribution in [2.45, 2.75) is 18.9 Å². The first kappa shape index (κ1) is 18.7. The van der Waals surface area contributed by atoms with Crippen molar-refractivity contribution in [1.82, 2.24) is 10.4 Å². The number of rotatable bonds is 5. The number of amides is 2. The summed E-state index contributed by atoms with van der Waals surface area (Å²) in [4.78, 5) is 25.7. The second kappa shape index (κ2) is 9.00. The molecule has 2 amide bonds. The number of hydrogen-bond acceptors (Lipinski definition) is 4. The second-order valence-corrected chi connectivity index (χ2v) is 6.35. The number of piperidine rings is 1. The molecule has 0 spiro atoms. The Morgan fingerprint density at radius 3 is 2.63 bits per heavy atom. The van der Waals surface area contributed by atoms with E-state index >= 15 is 0 Å². The van der Waals surface area contributed by atoms with Crippen LogP contribution in [0.4, 0.5) is 0 Å². The van der Waals surface area contributed by atoms with E-state index in [9.17, 15) is 9.59 Å². The van der Waals surface area contributed by atoms with Crippen molar-refractivity contribution in [2.24, 2.45) is 0 Å². The number of hydrogen-bond donors (Lipinski definition) is 2. The largest absolute Gasteiger partial charge is 0.488 e. The van der Waals surface area contributed by atoms with Crippen molar-refractivity contribution in [1.29, 1.82) is 0 Å². The highest BCUT2D eigenvalue weighted by atomic mass is 16.5. The van der Waals surface area contributed by atoms with E-state index in [0.29, 0.717) is 24.4 Å². The van der Waals surface area contributed by atoms with Crippen LogP contribution in [-0.2, 0) is 4.79 Å². The van der Waals surface area contributed by atoms with Crippen LogP contribution in [0.2, 0.25) is 0 Å². The minimum atomic E-state index is -0.609. The van der Waals surface area contributed by atoms with Crippen molar-refractivity contribution in [3.8, 4) is 5.75 Å². The molecule has 1 aliphatic rings. The highest BCUT2D eigenvalue weighted by molar-refractivity contribution is 5.94. The molecule has 1 fully saturated rings. The first-order valence-electron chi connectivity index (χ1n) is 8.89. The van der Waals surface area contributed by atoms with Gasteiger partial charge in [0.1, 0.15) is 11.9 Å².